The van der Waals surface area contributed by atoms with Crippen molar-refractivity contribution in [1.82, 2.24) is 0 Å². The van der Waals surface area contributed by atoms with Gasteiger partial charge in [0.25, 0.3) is 0 Å². The van der Waals surface area contributed by atoms with E-state index in [4.69, 9.17) is 9.73 Å². The van der Waals surface area contributed by atoms with Crippen LogP contribution in [0.25, 0.3) is 0 Å². The van der Waals surface area contributed by atoms with E-state index in [1.165, 1.54) is 6.08 Å². The molecular formula is C27H41NO5. The van der Waals surface area contributed by atoms with Crippen LogP contribution in [0.5, 0.6) is 0 Å². The summed E-state index contributed by atoms with van der Waals surface area (Å²) in [5, 5.41) is 34.8. The quantitative estimate of drug-likeness (QED) is 0.332. The third-order valence-electron chi connectivity index (χ3n) is 10.6. The minimum atomic E-state index is -0.965. The molecule has 1 heterocycles. The number of nitrogens with zero attached hydrogens (tertiary/aromatic N) is 1. The van der Waals surface area contributed by atoms with E-state index in [2.05, 4.69) is 20.1 Å². The zero-order valence-electron chi connectivity index (χ0n) is 20.2. The first-order chi connectivity index (χ1) is 15.7. The summed E-state index contributed by atoms with van der Waals surface area (Å²) in [5.41, 5.74) is -2.62. The highest BCUT2D eigenvalue weighted by atomic mass is 16.5. The fraction of sp³-hybridized carbons (Fsp3) is 0.852. The summed E-state index contributed by atoms with van der Waals surface area (Å²) in [5.74, 6) is 0.0656. The number of cyclic esters (lactones) is 1. The molecule has 184 valence electrons. The smallest absolute Gasteiger partial charge is 0.331 e. The fourth-order valence-corrected chi connectivity index (χ4v) is 8.82. The number of fused-ring (bicyclic) bond motifs is 5. The summed E-state index contributed by atoms with van der Waals surface area (Å²) >= 11 is 0. The molecule has 1 aliphatic heterocycles. The molecule has 4 saturated carbocycles. The third-order valence-corrected chi connectivity index (χ3v) is 10.6. The van der Waals surface area contributed by atoms with Crippen molar-refractivity contribution >= 4 is 12.2 Å². The molecule has 0 aromatic heterocycles. The van der Waals surface area contributed by atoms with Gasteiger partial charge < -0.3 is 20.1 Å². The van der Waals surface area contributed by atoms with Gasteiger partial charge in [0.2, 0.25) is 0 Å². The molecular weight excluding hydrogens is 418 g/mol. The maximum atomic E-state index is 12.4. The van der Waals surface area contributed by atoms with E-state index in [1.807, 2.05) is 6.08 Å². The SMILES string of the molecule is CCCCN=C[C@]12CC[C@H](O)C[C@]1(O)CC[C@H]1[C@@H]2CC[C@]2(C)[C@H]([C@@H]3C=CC(=O)O3)CC[C@]12O. The average Bonchev–Trinajstić information content (AvgIpc) is 3.31. The van der Waals surface area contributed by atoms with E-state index in [9.17, 15) is 20.1 Å². The first-order valence-electron chi connectivity index (χ1n) is 13.2. The lowest BCUT2D eigenvalue weighted by Gasteiger charge is -2.65. The fourth-order valence-electron chi connectivity index (χ4n) is 8.82. The molecule has 9 atom stereocenters. The molecule has 0 amide bonds. The van der Waals surface area contributed by atoms with Crippen LogP contribution in [0.3, 0.4) is 0 Å². The molecule has 4 aliphatic carbocycles. The van der Waals surface area contributed by atoms with Crippen molar-refractivity contribution < 1.29 is 24.9 Å². The summed E-state index contributed by atoms with van der Waals surface area (Å²) in [4.78, 5) is 16.6. The minimum absolute atomic E-state index is 0.0791. The summed E-state index contributed by atoms with van der Waals surface area (Å²) in [6, 6.07) is 0. The van der Waals surface area contributed by atoms with E-state index in [-0.39, 0.29) is 35.2 Å². The molecule has 33 heavy (non-hydrogen) atoms. The predicted octanol–water partition coefficient (Wildman–Crippen LogP) is 3.57. The Morgan fingerprint density at radius 2 is 1.85 bits per heavy atom. The Morgan fingerprint density at radius 1 is 1.09 bits per heavy atom. The number of ether oxygens (including phenoxy) is 1. The van der Waals surface area contributed by atoms with Gasteiger partial charge in [-0.15, -0.1) is 0 Å². The maximum absolute atomic E-state index is 12.4. The van der Waals surface area contributed by atoms with E-state index in [0.717, 1.165) is 51.5 Å². The second kappa shape index (κ2) is 8.17. The molecule has 0 saturated heterocycles. The Balaban J connectivity index is 1.49. The standard InChI is InChI=1S/C27H41NO5/c1-3-4-15-28-17-25-12-7-18(29)16-26(25,31)13-9-20-19(25)8-11-24(2)21(10-14-27(20,24)32)22-5-6-23(30)33-22/h5-6,17-22,29,31-32H,3-4,7-16H2,1-2H3/t18-,19-,20-,21-,22-,24+,25-,26+,27-/m0/s1. The van der Waals surface area contributed by atoms with Gasteiger partial charge in [0.1, 0.15) is 6.10 Å². The lowest BCUT2D eigenvalue weighted by molar-refractivity contribution is -0.241. The molecule has 0 bridgehead atoms. The first kappa shape index (κ1) is 23.5. The summed E-state index contributed by atoms with van der Waals surface area (Å²) in [6.45, 7) is 5.12. The second-order valence-corrected chi connectivity index (χ2v) is 11.9. The number of rotatable bonds is 5. The number of carbonyl (C=O) groups is 1. The molecule has 0 spiro atoms. The normalized spacial score (nSPS) is 51.3. The van der Waals surface area contributed by atoms with E-state index < -0.39 is 22.7 Å². The number of aliphatic hydroxyl groups excluding tert-OH is 1. The van der Waals surface area contributed by atoms with Gasteiger partial charge in [-0.2, -0.15) is 0 Å². The van der Waals surface area contributed by atoms with Crippen molar-refractivity contribution in [3.05, 3.63) is 12.2 Å². The zero-order valence-corrected chi connectivity index (χ0v) is 20.2. The van der Waals surface area contributed by atoms with Crippen LogP contribution in [0.4, 0.5) is 0 Å². The Labute approximate surface area is 197 Å². The molecule has 0 aromatic carbocycles. The molecule has 6 heteroatoms. The number of hydrogen-bond acceptors (Lipinski definition) is 6. The van der Waals surface area contributed by atoms with Gasteiger partial charge in [0.05, 0.1) is 17.3 Å². The minimum Gasteiger partial charge on any atom is -0.455 e. The second-order valence-electron chi connectivity index (χ2n) is 11.9. The monoisotopic (exact) mass is 459 g/mol. The van der Waals surface area contributed by atoms with Gasteiger partial charge in [-0.25, -0.2) is 4.79 Å². The molecule has 0 radical (unpaired) electrons. The van der Waals surface area contributed by atoms with Crippen molar-refractivity contribution in [1.29, 1.82) is 0 Å². The van der Waals surface area contributed by atoms with Gasteiger partial charge in [0, 0.05) is 42.0 Å². The molecule has 5 aliphatic rings. The van der Waals surface area contributed by atoms with Crippen molar-refractivity contribution in [2.75, 3.05) is 6.54 Å². The van der Waals surface area contributed by atoms with Crippen LogP contribution >= 0.6 is 0 Å². The molecule has 4 fully saturated rings. The largest absolute Gasteiger partial charge is 0.455 e. The van der Waals surface area contributed by atoms with Crippen molar-refractivity contribution in [3.63, 3.8) is 0 Å². The van der Waals surface area contributed by atoms with E-state index in [1.54, 1.807) is 0 Å². The van der Waals surface area contributed by atoms with Crippen molar-refractivity contribution in [2.45, 2.75) is 108 Å². The number of carbonyl (C=O) groups excluding carboxylic acids is 1. The van der Waals surface area contributed by atoms with Crippen molar-refractivity contribution in [2.24, 2.45) is 33.6 Å². The van der Waals surface area contributed by atoms with Gasteiger partial charge in [-0.1, -0.05) is 20.3 Å². The van der Waals surface area contributed by atoms with Gasteiger partial charge in [0.15, 0.2) is 0 Å². The van der Waals surface area contributed by atoms with Crippen LogP contribution in [0, 0.1) is 28.6 Å². The van der Waals surface area contributed by atoms with Crippen LogP contribution < -0.4 is 0 Å². The highest BCUT2D eigenvalue weighted by molar-refractivity contribution is 5.84. The molecule has 5 rings (SSSR count). The van der Waals surface area contributed by atoms with E-state index in [0.29, 0.717) is 25.7 Å². The van der Waals surface area contributed by atoms with E-state index >= 15 is 0 Å². The highest BCUT2D eigenvalue weighted by Gasteiger charge is 2.71. The topological polar surface area (TPSA) is 99.4 Å². The highest BCUT2D eigenvalue weighted by Crippen LogP contribution is 2.70. The number of hydrogen-bond donors (Lipinski definition) is 3. The summed E-state index contributed by atoms with van der Waals surface area (Å²) < 4.78 is 5.60. The van der Waals surface area contributed by atoms with Crippen LogP contribution in [0.2, 0.25) is 0 Å². The van der Waals surface area contributed by atoms with Crippen LogP contribution in [0.15, 0.2) is 17.1 Å². The summed E-state index contributed by atoms with van der Waals surface area (Å²) in [6.07, 6.45) is 13.3. The van der Waals surface area contributed by atoms with Crippen LogP contribution in [0.1, 0.15) is 84.5 Å². The zero-order chi connectivity index (χ0) is 23.5. The van der Waals surface area contributed by atoms with Crippen LogP contribution in [-0.4, -0.2) is 57.5 Å². The number of aliphatic imine (C=N–C) groups is 1. The lowest BCUT2D eigenvalue weighted by Crippen LogP contribution is -2.69. The molecule has 0 unspecified atom stereocenters. The Bertz CT molecular complexity index is 842. The average molecular weight is 460 g/mol. The Hall–Kier alpha value is -1.24. The molecule has 6 nitrogen and oxygen atoms in total. The lowest BCUT2D eigenvalue weighted by atomic mass is 9.41. The molecule has 0 aromatic rings. The Morgan fingerprint density at radius 3 is 2.58 bits per heavy atom. The van der Waals surface area contributed by atoms with Crippen molar-refractivity contribution in [3.8, 4) is 0 Å². The maximum Gasteiger partial charge on any atom is 0.331 e. The van der Waals surface area contributed by atoms with Crippen LogP contribution in [-0.2, 0) is 9.53 Å². The number of esters is 1. The third kappa shape index (κ3) is 3.30. The predicted molar refractivity (Wildman–Crippen MR) is 126 cm³/mol. The number of aliphatic hydroxyl groups is 3. The first-order valence-corrected chi connectivity index (χ1v) is 13.2. The number of unbranched alkanes of at least 4 members (excludes halogenated alkanes) is 1. The van der Waals surface area contributed by atoms with Gasteiger partial charge in [-0.05, 0) is 75.7 Å². The van der Waals surface area contributed by atoms with Gasteiger partial charge in [-0.3, -0.25) is 4.99 Å². The Kier molecular flexibility index (Phi) is 5.81. The summed E-state index contributed by atoms with van der Waals surface area (Å²) in [7, 11) is 0. The van der Waals surface area contributed by atoms with Gasteiger partial charge >= 0.3 is 5.97 Å². The molecule has 3 N–H and O–H groups in total.